The van der Waals surface area contributed by atoms with Crippen LogP contribution in [-0.4, -0.2) is 23.0 Å². The average molecular weight is 277 g/mol. The molecule has 4 fully saturated rings. The van der Waals surface area contributed by atoms with Crippen molar-refractivity contribution < 1.29 is 0 Å². The molecule has 4 bridgehead atoms. The second-order valence-electron chi connectivity index (χ2n) is 9.34. The molecule has 0 amide bonds. The van der Waals surface area contributed by atoms with Crippen molar-refractivity contribution in [1.82, 2.24) is 4.90 Å². The van der Waals surface area contributed by atoms with E-state index in [0.29, 0.717) is 16.5 Å². The smallest absolute Gasteiger partial charge is 0.0222 e. The molecule has 4 aliphatic carbocycles. The van der Waals surface area contributed by atoms with Crippen molar-refractivity contribution in [1.29, 1.82) is 0 Å². The molecule has 0 aromatic carbocycles. The normalized spacial score (nSPS) is 47.2. The van der Waals surface area contributed by atoms with Crippen molar-refractivity contribution in [3.63, 3.8) is 0 Å². The van der Waals surface area contributed by atoms with Gasteiger partial charge in [-0.05, 0) is 83.1 Å². The van der Waals surface area contributed by atoms with Crippen LogP contribution in [0.2, 0.25) is 0 Å². The molecular weight excluding hydrogens is 242 g/mol. The van der Waals surface area contributed by atoms with Gasteiger partial charge in [0.25, 0.3) is 0 Å². The van der Waals surface area contributed by atoms with Crippen LogP contribution in [0.25, 0.3) is 0 Å². The molecule has 4 aliphatic rings. The van der Waals surface area contributed by atoms with E-state index in [-0.39, 0.29) is 0 Å². The van der Waals surface area contributed by atoms with Crippen molar-refractivity contribution in [2.24, 2.45) is 23.2 Å². The van der Waals surface area contributed by atoms with Gasteiger partial charge in [0, 0.05) is 11.1 Å². The van der Waals surface area contributed by atoms with Crippen LogP contribution in [0.5, 0.6) is 0 Å². The first-order chi connectivity index (χ1) is 9.26. The van der Waals surface area contributed by atoms with Gasteiger partial charge < -0.3 is 0 Å². The third kappa shape index (κ3) is 1.91. The molecule has 0 aromatic heterocycles. The van der Waals surface area contributed by atoms with Crippen LogP contribution >= 0.6 is 0 Å². The SMILES string of the molecule is CCC1C2CC3CC1(CC)CC(N(C)C(C)(C)C)(C3)C2. The quantitative estimate of drug-likeness (QED) is 0.693. The van der Waals surface area contributed by atoms with E-state index in [4.69, 9.17) is 0 Å². The second kappa shape index (κ2) is 4.48. The minimum absolute atomic E-state index is 0.308. The summed E-state index contributed by atoms with van der Waals surface area (Å²) in [6.45, 7) is 12.1. The molecule has 1 heteroatoms. The van der Waals surface area contributed by atoms with Gasteiger partial charge in [0.15, 0.2) is 0 Å². The third-order valence-electron chi connectivity index (χ3n) is 7.54. The van der Waals surface area contributed by atoms with E-state index in [1.165, 1.54) is 38.5 Å². The number of hydrogen-bond donors (Lipinski definition) is 0. The highest BCUT2D eigenvalue weighted by Gasteiger charge is 2.62. The summed E-state index contributed by atoms with van der Waals surface area (Å²) in [6.07, 6.45) is 10.4. The molecule has 4 saturated carbocycles. The van der Waals surface area contributed by atoms with Crippen LogP contribution in [0.4, 0.5) is 0 Å². The minimum Gasteiger partial charge on any atom is -0.296 e. The first kappa shape index (κ1) is 14.9. The van der Waals surface area contributed by atoms with Crippen LogP contribution < -0.4 is 0 Å². The first-order valence-electron chi connectivity index (χ1n) is 9.00. The second-order valence-corrected chi connectivity index (χ2v) is 9.34. The van der Waals surface area contributed by atoms with Crippen molar-refractivity contribution in [2.45, 2.75) is 90.6 Å². The minimum atomic E-state index is 0.308. The Morgan fingerprint density at radius 3 is 2.35 bits per heavy atom. The summed E-state index contributed by atoms with van der Waals surface area (Å²) >= 11 is 0. The lowest BCUT2D eigenvalue weighted by Crippen LogP contribution is -2.68. The topological polar surface area (TPSA) is 3.24 Å². The Morgan fingerprint density at radius 1 is 1.10 bits per heavy atom. The van der Waals surface area contributed by atoms with E-state index in [2.05, 4.69) is 46.6 Å². The maximum atomic E-state index is 2.77. The maximum absolute atomic E-state index is 2.77. The molecule has 5 atom stereocenters. The molecule has 0 N–H and O–H groups in total. The van der Waals surface area contributed by atoms with Crippen molar-refractivity contribution in [3.05, 3.63) is 0 Å². The van der Waals surface area contributed by atoms with Crippen LogP contribution in [0.3, 0.4) is 0 Å². The van der Waals surface area contributed by atoms with Crippen LogP contribution in [0.1, 0.15) is 79.6 Å². The van der Waals surface area contributed by atoms with Gasteiger partial charge in [-0.15, -0.1) is 0 Å². The highest BCUT2D eigenvalue weighted by atomic mass is 15.2. The summed E-state index contributed by atoms with van der Waals surface area (Å²) in [4.78, 5) is 2.77. The van der Waals surface area contributed by atoms with Gasteiger partial charge in [-0.3, -0.25) is 4.90 Å². The standard InChI is InChI=1S/C19H35N/c1-7-16-15-9-14-10-18(16,8-2)13-19(11-14,12-15)20(6)17(3,4)5/h14-16H,7-13H2,1-6H3. The zero-order valence-corrected chi connectivity index (χ0v) is 14.6. The van der Waals surface area contributed by atoms with E-state index in [1.54, 1.807) is 6.42 Å². The van der Waals surface area contributed by atoms with Crippen molar-refractivity contribution >= 4 is 0 Å². The highest BCUT2D eigenvalue weighted by Crippen LogP contribution is 2.67. The van der Waals surface area contributed by atoms with Gasteiger partial charge in [-0.2, -0.15) is 0 Å². The molecule has 0 saturated heterocycles. The number of nitrogens with zero attached hydrogens (tertiary/aromatic N) is 1. The van der Waals surface area contributed by atoms with Crippen LogP contribution in [0, 0.1) is 23.2 Å². The lowest BCUT2D eigenvalue weighted by Gasteiger charge is -2.69. The highest BCUT2D eigenvalue weighted by molar-refractivity contribution is 5.15. The molecule has 0 spiro atoms. The molecular formula is C19H35N. The van der Waals surface area contributed by atoms with E-state index in [9.17, 15) is 0 Å². The van der Waals surface area contributed by atoms with Crippen molar-refractivity contribution in [2.75, 3.05) is 7.05 Å². The van der Waals surface area contributed by atoms with E-state index >= 15 is 0 Å². The van der Waals surface area contributed by atoms with Gasteiger partial charge in [0.1, 0.15) is 0 Å². The summed E-state index contributed by atoms with van der Waals surface area (Å²) in [5.41, 5.74) is 1.51. The van der Waals surface area contributed by atoms with Gasteiger partial charge in [0.05, 0.1) is 0 Å². The molecule has 0 heterocycles. The van der Waals surface area contributed by atoms with E-state index in [1.807, 2.05) is 0 Å². The molecule has 4 rings (SSSR count). The van der Waals surface area contributed by atoms with E-state index in [0.717, 1.165) is 17.8 Å². The molecule has 116 valence electrons. The van der Waals surface area contributed by atoms with Crippen LogP contribution in [-0.2, 0) is 0 Å². The Labute approximate surface area is 126 Å². The Balaban J connectivity index is 1.97. The monoisotopic (exact) mass is 277 g/mol. The average Bonchev–Trinajstić information content (AvgIpc) is 2.36. The lowest BCUT2D eigenvalue weighted by molar-refractivity contribution is -0.182. The molecule has 0 aliphatic heterocycles. The largest absolute Gasteiger partial charge is 0.296 e. The van der Waals surface area contributed by atoms with Crippen molar-refractivity contribution in [3.8, 4) is 0 Å². The molecule has 5 unspecified atom stereocenters. The third-order valence-corrected chi connectivity index (χ3v) is 7.54. The molecule has 1 nitrogen and oxygen atoms in total. The summed E-state index contributed by atoms with van der Waals surface area (Å²) in [5.74, 6) is 3.06. The number of hydrogen-bond acceptors (Lipinski definition) is 1. The fourth-order valence-electron chi connectivity index (χ4n) is 6.80. The Hall–Kier alpha value is -0.0400. The number of rotatable bonds is 3. The maximum Gasteiger partial charge on any atom is 0.0222 e. The van der Waals surface area contributed by atoms with Crippen LogP contribution in [0.15, 0.2) is 0 Å². The molecule has 0 radical (unpaired) electrons. The zero-order valence-electron chi connectivity index (χ0n) is 14.6. The van der Waals surface area contributed by atoms with Gasteiger partial charge in [0.2, 0.25) is 0 Å². The fraction of sp³-hybridized carbons (Fsp3) is 1.00. The predicted octanol–water partition coefficient (Wildman–Crippen LogP) is 5.10. The first-order valence-corrected chi connectivity index (χ1v) is 9.00. The Kier molecular flexibility index (Phi) is 3.33. The Morgan fingerprint density at radius 2 is 1.80 bits per heavy atom. The zero-order chi connectivity index (χ0) is 14.8. The van der Waals surface area contributed by atoms with Gasteiger partial charge in [-0.1, -0.05) is 26.7 Å². The molecule has 20 heavy (non-hydrogen) atoms. The summed E-state index contributed by atoms with van der Waals surface area (Å²) in [7, 11) is 2.41. The summed E-state index contributed by atoms with van der Waals surface area (Å²) in [5, 5.41) is 0. The van der Waals surface area contributed by atoms with Gasteiger partial charge in [-0.25, -0.2) is 0 Å². The lowest BCUT2D eigenvalue weighted by atomic mass is 9.41. The summed E-state index contributed by atoms with van der Waals surface area (Å²) < 4.78 is 0. The Bertz CT molecular complexity index is 382. The fourth-order valence-corrected chi connectivity index (χ4v) is 6.80. The molecule has 0 aromatic rings. The predicted molar refractivity (Wildman–Crippen MR) is 86.8 cm³/mol. The van der Waals surface area contributed by atoms with E-state index < -0.39 is 0 Å². The summed E-state index contributed by atoms with van der Waals surface area (Å²) in [6, 6.07) is 0. The van der Waals surface area contributed by atoms with Gasteiger partial charge >= 0.3 is 0 Å².